The molecule has 1 aromatic rings. The van der Waals surface area contributed by atoms with E-state index < -0.39 is 0 Å². The number of aliphatic hydroxyl groups is 1. The van der Waals surface area contributed by atoms with Gasteiger partial charge in [0.2, 0.25) is 0 Å². The van der Waals surface area contributed by atoms with Crippen LogP contribution in [0.15, 0.2) is 24.3 Å². The number of hydrogen-bond donors (Lipinski definition) is 3. The lowest BCUT2D eigenvalue weighted by molar-refractivity contribution is 0.233. The van der Waals surface area contributed by atoms with Crippen LogP contribution in [0.3, 0.4) is 0 Å². The summed E-state index contributed by atoms with van der Waals surface area (Å²) >= 11 is 6.15. The number of benzene rings is 1. The Morgan fingerprint density at radius 1 is 1.39 bits per heavy atom. The van der Waals surface area contributed by atoms with Crippen molar-refractivity contribution >= 4 is 17.6 Å². The maximum Gasteiger partial charge on any atom is 0.315 e. The number of aliphatic hydroxyl groups excluding tert-OH is 1. The molecule has 1 aliphatic carbocycles. The van der Waals surface area contributed by atoms with Gasteiger partial charge in [0.25, 0.3) is 0 Å². The Kier molecular flexibility index (Phi) is 4.09. The van der Waals surface area contributed by atoms with Crippen LogP contribution in [0, 0.1) is 0 Å². The van der Waals surface area contributed by atoms with Gasteiger partial charge < -0.3 is 15.7 Å². The second-order valence-corrected chi connectivity index (χ2v) is 4.93. The highest BCUT2D eigenvalue weighted by atomic mass is 35.5. The summed E-state index contributed by atoms with van der Waals surface area (Å²) in [7, 11) is 0. The van der Waals surface area contributed by atoms with Crippen LogP contribution in [-0.2, 0) is 5.54 Å². The van der Waals surface area contributed by atoms with Gasteiger partial charge in [0.05, 0.1) is 5.54 Å². The van der Waals surface area contributed by atoms with Crippen molar-refractivity contribution in [3.05, 3.63) is 34.9 Å². The molecule has 0 aliphatic heterocycles. The highest BCUT2D eigenvalue weighted by molar-refractivity contribution is 6.31. The monoisotopic (exact) mass is 268 g/mol. The molecule has 0 spiro atoms. The van der Waals surface area contributed by atoms with Gasteiger partial charge in [0.15, 0.2) is 0 Å². The van der Waals surface area contributed by atoms with Crippen LogP contribution in [-0.4, -0.2) is 24.3 Å². The molecule has 0 saturated heterocycles. The summed E-state index contributed by atoms with van der Waals surface area (Å²) in [6, 6.07) is 7.38. The summed E-state index contributed by atoms with van der Waals surface area (Å²) in [5.74, 6) is 0. The molecule has 4 nitrogen and oxygen atoms in total. The Balaban J connectivity index is 1.96. The third kappa shape index (κ3) is 2.94. The van der Waals surface area contributed by atoms with Crippen LogP contribution in [0.4, 0.5) is 4.79 Å². The largest absolute Gasteiger partial charge is 0.396 e. The molecular weight excluding hydrogens is 252 g/mol. The molecule has 2 amide bonds. The quantitative estimate of drug-likeness (QED) is 0.716. The fourth-order valence-electron chi connectivity index (χ4n) is 1.98. The molecule has 0 heterocycles. The van der Waals surface area contributed by atoms with Crippen molar-refractivity contribution < 1.29 is 9.90 Å². The predicted molar refractivity (Wildman–Crippen MR) is 70.6 cm³/mol. The number of urea groups is 1. The first kappa shape index (κ1) is 13.2. The van der Waals surface area contributed by atoms with E-state index in [4.69, 9.17) is 16.7 Å². The molecule has 0 radical (unpaired) electrons. The fourth-order valence-corrected chi connectivity index (χ4v) is 2.30. The summed E-state index contributed by atoms with van der Waals surface area (Å²) < 4.78 is 0. The molecule has 2 rings (SSSR count). The summed E-state index contributed by atoms with van der Waals surface area (Å²) in [6.07, 6.45) is 2.38. The predicted octanol–water partition coefficient (Wildman–Crippen LogP) is 2.01. The molecule has 1 aliphatic rings. The zero-order chi connectivity index (χ0) is 13.0. The summed E-state index contributed by atoms with van der Waals surface area (Å²) in [5, 5.41) is 15.0. The average molecular weight is 269 g/mol. The minimum Gasteiger partial charge on any atom is -0.396 e. The van der Waals surface area contributed by atoms with Gasteiger partial charge in [-0.05, 0) is 30.9 Å². The molecule has 1 saturated carbocycles. The minimum absolute atomic E-state index is 0.0793. The maximum absolute atomic E-state index is 11.7. The van der Waals surface area contributed by atoms with E-state index in [1.807, 2.05) is 24.3 Å². The van der Waals surface area contributed by atoms with E-state index >= 15 is 0 Å². The standard InChI is InChI=1S/C13H17ClN2O2/c14-11-5-2-1-4-10(11)13(6-7-13)16-12(18)15-8-3-9-17/h1-2,4-5,17H,3,6-9H2,(H2,15,16,18). The number of nitrogens with one attached hydrogen (secondary N) is 2. The van der Waals surface area contributed by atoms with Crippen molar-refractivity contribution in [3.63, 3.8) is 0 Å². The molecule has 98 valence electrons. The van der Waals surface area contributed by atoms with E-state index in [-0.39, 0.29) is 18.2 Å². The summed E-state index contributed by atoms with van der Waals surface area (Å²) in [6.45, 7) is 0.552. The van der Waals surface area contributed by atoms with Gasteiger partial charge in [0.1, 0.15) is 0 Å². The second kappa shape index (κ2) is 5.59. The van der Waals surface area contributed by atoms with Crippen LogP contribution < -0.4 is 10.6 Å². The van der Waals surface area contributed by atoms with Crippen LogP contribution in [0.25, 0.3) is 0 Å². The molecule has 1 fully saturated rings. The number of amides is 2. The van der Waals surface area contributed by atoms with Crippen LogP contribution in [0.1, 0.15) is 24.8 Å². The van der Waals surface area contributed by atoms with Crippen molar-refractivity contribution in [1.82, 2.24) is 10.6 Å². The molecular formula is C13H17ClN2O2. The highest BCUT2D eigenvalue weighted by Gasteiger charge is 2.46. The fraction of sp³-hybridized carbons (Fsp3) is 0.462. The average Bonchev–Trinajstić information content (AvgIpc) is 3.10. The second-order valence-electron chi connectivity index (χ2n) is 4.52. The zero-order valence-corrected chi connectivity index (χ0v) is 10.8. The Morgan fingerprint density at radius 2 is 2.11 bits per heavy atom. The van der Waals surface area contributed by atoms with Crippen molar-refractivity contribution in [1.29, 1.82) is 0 Å². The lowest BCUT2D eigenvalue weighted by Gasteiger charge is -2.19. The van der Waals surface area contributed by atoms with E-state index in [1.54, 1.807) is 0 Å². The van der Waals surface area contributed by atoms with Crippen LogP contribution in [0.2, 0.25) is 5.02 Å². The molecule has 0 bridgehead atoms. The lowest BCUT2D eigenvalue weighted by atomic mass is 10.1. The lowest BCUT2D eigenvalue weighted by Crippen LogP contribution is -2.42. The molecule has 18 heavy (non-hydrogen) atoms. The van der Waals surface area contributed by atoms with Gasteiger partial charge in [0, 0.05) is 18.2 Å². The van der Waals surface area contributed by atoms with Gasteiger partial charge in [-0.1, -0.05) is 29.8 Å². The van der Waals surface area contributed by atoms with E-state index in [9.17, 15) is 4.79 Å². The van der Waals surface area contributed by atoms with Gasteiger partial charge >= 0.3 is 6.03 Å². The first-order valence-electron chi connectivity index (χ1n) is 6.10. The van der Waals surface area contributed by atoms with Gasteiger partial charge in [-0.15, -0.1) is 0 Å². The van der Waals surface area contributed by atoms with Gasteiger partial charge in [-0.2, -0.15) is 0 Å². The molecule has 0 aromatic heterocycles. The Morgan fingerprint density at radius 3 is 2.72 bits per heavy atom. The molecule has 5 heteroatoms. The van der Waals surface area contributed by atoms with Crippen molar-refractivity contribution in [3.8, 4) is 0 Å². The first-order chi connectivity index (χ1) is 8.68. The number of carbonyl (C=O) groups excluding carboxylic acids is 1. The van der Waals surface area contributed by atoms with Crippen LogP contribution in [0.5, 0.6) is 0 Å². The Labute approximate surface area is 111 Å². The number of rotatable bonds is 5. The van der Waals surface area contributed by atoms with Crippen molar-refractivity contribution in [2.24, 2.45) is 0 Å². The normalized spacial score (nSPS) is 16.1. The SMILES string of the molecule is O=C(NCCCO)NC1(c2ccccc2Cl)CC1. The number of halogens is 1. The highest BCUT2D eigenvalue weighted by Crippen LogP contribution is 2.47. The molecule has 0 atom stereocenters. The molecule has 3 N–H and O–H groups in total. The maximum atomic E-state index is 11.7. The zero-order valence-electron chi connectivity index (χ0n) is 10.1. The van der Waals surface area contributed by atoms with Crippen molar-refractivity contribution in [2.45, 2.75) is 24.8 Å². The Hall–Kier alpha value is -1.26. The van der Waals surface area contributed by atoms with Gasteiger partial charge in [-0.3, -0.25) is 0 Å². The smallest absolute Gasteiger partial charge is 0.315 e. The first-order valence-corrected chi connectivity index (χ1v) is 6.48. The molecule has 1 aromatic carbocycles. The van der Waals surface area contributed by atoms with E-state index in [2.05, 4.69) is 10.6 Å². The van der Waals surface area contributed by atoms with E-state index in [0.717, 1.165) is 18.4 Å². The van der Waals surface area contributed by atoms with E-state index in [0.29, 0.717) is 18.0 Å². The molecule has 0 unspecified atom stereocenters. The number of carbonyl (C=O) groups is 1. The third-order valence-corrected chi connectivity index (χ3v) is 3.44. The van der Waals surface area contributed by atoms with E-state index in [1.165, 1.54) is 0 Å². The Bertz CT molecular complexity index is 433. The summed E-state index contributed by atoms with van der Waals surface area (Å²) in [4.78, 5) is 11.7. The third-order valence-electron chi connectivity index (χ3n) is 3.11. The topological polar surface area (TPSA) is 61.4 Å². The summed E-state index contributed by atoms with van der Waals surface area (Å²) in [5.41, 5.74) is 0.672. The minimum atomic E-state index is -0.304. The van der Waals surface area contributed by atoms with Crippen molar-refractivity contribution in [2.75, 3.05) is 13.2 Å². The van der Waals surface area contributed by atoms with Gasteiger partial charge in [-0.25, -0.2) is 4.79 Å². The number of hydrogen-bond acceptors (Lipinski definition) is 2. The van der Waals surface area contributed by atoms with Crippen LogP contribution >= 0.6 is 11.6 Å².